The summed E-state index contributed by atoms with van der Waals surface area (Å²) in [5, 5.41) is 14.8. The number of benzene rings is 2. The van der Waals surface area contributed by atoms with Gasteiger partial charge >= 0.3 is 12.1 Å². The first-order chi connectivity index (χ1) is 16.7. The smallest absolute Gasteiger partial charge is 0.407 e. The lowest BCUT2D eigenvalue weighted by Gasteiger charge is -2.25. The van der Waals surface area contributed by atoms with E-state index >= 15 is 0 Å². The quantitative estimate of drug-likeness (QED) is 0.422. The Balaban J connectivity index is 1.66. The van der Waals surface area contributed by atoms with Gasteiger partial charge in [0.15, 0.2) is 0 Å². The van der Waals surface area contributed by atoms with Gasteiger partial charge in [0.2, 0.25) is 5.91 Å². The molecule has 7 heteroatoms. The third-order valence-corrected chi connectivity index (χ3v) is 6.76. The molecule has 0 radical (unpaired) electrons. The second-order valence-corrected chi connectivity index (χ2v) is 9.70. The Morgan fingerprint density at radius 2 is 1.49 bits per heavy atom. The van der Waals surface area contributed by atoms with Crippen LogP contribution < -0.4 is 10.6 Å². The summed E-state index contributed by atoms with van der Waals surface area (Å²) in [6.45, 7) is 7.90. The first kappa shape index (κ1) is 26.3. The van der Waals surface area contributed by atoms with Gasteiger partial charge < -0.3 is 20.5 Å². The van der Waals surface area contributed by atoms with Crippen molar-refractivity contribution in [3.63, 3.8) is 0 Å². The van der Waals surface area contributed by atoms with Crippen molar-refractivity contribution in [2.45, 2.75) is 65.0 Å². The normalized spacial score (nSPS) is 15.0. The first-order valence-electron chi connectivity index (χ1n) is 12.4. The zero-order valence-corrected chi connectivity index (χ0v) is 20.9. The number of rotatable bonds is 11. The minimum Gasteiger partial charge on any atom is -0.480 e. The molecule has 2 aromatic rings. The lowest BCUT2D eigenvalue weighted by atomic mass is 9.97. The minimum absolute atomic E-state index is 0.0866. The highest BCUT2D eigenvalue weighted by molar-refractivity contribution is 5.89. The van der Waals surface area contributed by atoms with E-state index in [0.717, 1.165) is 22.3 Å². The second kappa shape index (κ2) is 11.9. The standard InChI is InChI=1S/C28H36N2O5/c1-5-18(4)25(26(31)29-24(27(32)33)15-14-17(2)3)30-28(34)35-16-23-21-12-8-6-10-19(21)20-11-7-9-13-22(20)23/h6-13,17-18,23-25H,5,14-16H2,1-4H3,(H,29,31)(H,30,34)(H,32,33)/t18?,24?,25-/m0/s1. The number of alkyl carbamates (subject to hydrolysis) is 1. The fourth-order valence-corrected chi connectivity index (χ4v) is 4.49. The van der Waals surface area contributed by atoms with Crippen LogP contribution in [0.25, 0.3) is 11.1 Å². The van der Waals surface area contributed by atoms with Crippen LogP contribution in [0.4, 0.5) is 4.79 Å². The minimum atomic E-state index is -1.08. The molecule has 3 atom stereocenters. The van der Waals surface area contributed by atoms with Crippen molar-refractivity contribution < 1.29 is 24.2 Å². The molecule has 188 valence electrons. The van der Waals surface area contributed by atoms with E-state index in [1.807, 2.05) is 64.1 Å². The molecule has 2 aromatic carbocycles. The van der Waals surface area contributed by atoms with Crippen LogP contribution in [0.5, 0.6) is 0 Å². The Bertz CT molecular complexity index is 1010. The predicted octanol–water partition coefficient (Wildman–Crippen LogP) is 4.95. The number of hydrogen-bond donors (Lipinski definition) is 3. The van der Waals surface area contributed by atoms with Crippen molar-refractivity contribution in [2.24, 2.45) is 11.8 Å². The molecule has 35 heavy (non-hydrogen) atoms. The molecular weight excluding hydrogens is 444 g/mol. The van der Waals surface area contributed by atoms with Gasteiger partial charge in [-0.2, -0.15) is 0 Å². The predicted molar refractivity (Wildman–Crippen MR) is 135 cm³/mol. The Hall–Kier alpha value is -3.35. The molecule has 0 spiro atoms. The number of nitrogens with one attached hydrogen (secondary N) is 2. The molecule has 0 fully saturated rings. The highest BCUT2D eigenvalue weighted by atomic mass is 16.5. The average molecular weight is 481 g/mol. The Morgan fingerprint density at radius 3 is 2.00 bits per heavy atom. The van der Waals surface area contributed by atoms with Crippen LogP contribution in [-0.4, -0.2) is 41.8 Å². The Morgan fingerprint density at radius 1 is 0.914 bits per heavy atom. The topological polar surface area (TPSA) is 105 Å². The molecule has 0 aliphatic heterocycles. The summed E-state index contributed by atoms with van der Waals surface area (Å²) >= 11 is 0. The SMILES string of the molecule is CCC(C)[C@H](NC(=O)OCC1c2ccccc2-c2ccccc21)C(=O)NC(CCC(C)C)C(=O)O. The van der Waals surface area contributed by atoms with E-state index in [9.17, 15) is 19.5 Å². The highest BCUT2D eigenvalue weighted by Crippen LogP contribution is 2.44. The monoisotopic (exact) mass is 480 g/mol. The molecule has 2 unspecified atom stereocenters. The van der Waals surface area contributed by atoms with E-state index in [4.69, 9.17) is 4.74 Å². The van der Waals surface area contributed by atoms with Crippen LogP contribution >= 0.6 is 0 Å². The van der Waals surface area contributed by atoms with Crippen molar-refractivity contribution in [3.8, 4) is 11.1 Å². The van der Waals surface area contributed by atoms with Crippen molar-refractivity contribution >= 4 is 18.0 Å². The third-order valence-electron chi connectivity index (χ3n) is 6.76. The number of ether oxygens (including phenoxy) is 1. The molecule has 1 aliphatic rings. The molecule has 0 heterocycles. The number of carbonyl (C=O) groups excluding carboxylic acids is 2. The summed E-state index contributed by atoms with van der Waals surface area (Å²) in [5.41, 5.74) is 4.48. The van der Waals surface area contributed by atoms with Crippen LogP contribution in [0.15, 0.2) is 48.5 Å². The van der Waals surface area contributed by atoms with Gasteiger partial charge in [-0.25, -0.2) is 9.59 Å². The Kier molecular flexibility index (Phi) is 8.90. The van der Waals surface area contributed by atoms with E-state index in [2.05, 4.69) is 22.8 Å². The van der Waals surface area contributed by atoms with Crippen molar-refractivity contribution in [1.82, 2.24) is 10.6 Å². The largest absolute Gasteiger partial charge is 0.480 e. The fourth-order valence-electron chi connectivity index (χ4n) is 4.49. The van der Waals surface area contributed by atoms with Gasteiger partial charge in [-0.15, -0.1) is 0 Å². The van der Waals surface area contributed by atoms with E-state index in [1.165, 1.54) is 0 Å². The number of carboxylic acids is 1. The molecule has 7 nitrogen and oxygen atoms in total. The maximum absolute atomic E-state index is 13.0. The van der Waals surface area contributed by atoms with Gasteiger partial charge in [0, 0.05) is 5.92 Å². The molecule has 3 rings (SSSR count). The number of carbonyl (C=O) groups is 3. The van der Waals surface area contributed by atoms with Gasteiger partial charge in [-0.05, 0) is 46.9 Å². The van der Waals surface area contributed by atoms with Gasteiger partial charge in [0.1, 0.15) is 18.7 Å². The number of carboxylic acid groups (broad SMARTS) is 1. The highest BCUT2D eigenvalue weighted by Gasteiger charge is 2.32. The molecular formula is C28H36N2O5. The summed E-state index contributed by atoms with van der Waals surface area (Å²) in [5.74, 6) is -1.56. The van der Waals surface area contributed by atoms with Gasteiger partial charge in [0.25, 0.3) is 0 Å². The maximum atomic E-state index is 13.0. The molecule has 0 saturated carbocycles. The van der Waals surface area contributed by atoms with Gasteiger partial charge in [-0.3, -0.25) is 4.79 Å². The summed E-state index contributed by atoms with van der Waals surface area (Å²) in [6, 6.07) is 14.3. The number of hydrogen-bond acceptors (Lipinski definition) is 4. The zero-order chi connectivity index (χ0) is 25.5. The van der Waals surface area contributed by atoms with Crippen LogP contribution in [0.1, 0.15) is 64.0 Å². The maximum Gasteiger partial charge on any atom is 0.407 e. The van der Waals surface area contributed by atoms with E-state index in [-0.39, 0.29) is 18.4 Å². The summed E-state index contributed by atoms with van der Waals surface area (Å²) < 4.78 is 5.60. The molecule has 2 amide bonds. The van der Waals surface area contributed by atoms with Crippen molar-refractivity contribution in [2.75, 3.05) is 6.61 Å². The van der Waals surface area contributed by atoms with Crippen LogP contribution in [0.3, 0.4) is 0 Å². The zero-order valence-electron chi connectivity index (χ0n) is 20.9. The van der Waals surface area contributed by atoms with Crippen LogP contribution in [0.2, 0.25) is 0 Å². The third kappa shape index (κ3) is 6.41. The first-order valence-corrected chi connectivity index (χ1v) is 12.4. The van der Waals surface area contributed by atoms with Gasteiger partial charge in [0.05, 0.1) is 0 Å². The van der Waals surface area contributed by atoms with E-state index < -0.39 is 30.1 Å². The molecule has 1 aliphatic carbocycles. The molecule has 0 bridgehead atoms. The van der Waals surface area contributed by atoms with Crippen LogP contribution in [0, 0.1) is 11.8 Å². The lowest BCUT2D eigenvalue weighted by Crippen LogP contribution is -2.54. The van der Waals surface area contributed by atoms with E-state index in [1.54, 1.807) is 0 Å². The summed E-state index contributed by atoms with van der Waals surface area (Å²) in [4.78, 5) is 37.4. The molecule has 0 saturated heterocycles. The summed E-state index contributed by atoms with van der Waals surface area (Å²) in [7, 11) is 0. The van der Waals surface area contributed by atoms with E-state index in [0.29, 0.717) is 25.2 Å². The number of fused-ring (bicyclic) bond motifs is 3. The molecule has 3 N–H and O–H groups in total. The number of amides is 2. The van der Waals surface area contributed by atoms with Crippen molar-refractivity contribution in [1.29, 1.82) is 0 Å². The average Bonchev–Trinajstić information content (AvgIpc) is 3.16. The summed E-state index contributed by atoms with van der Waals surface area (Å²) in [6.07, 6.45) is 0.939. The van der Waals surface area contributed by atoms with Crippen molar-refractivity contribution in [3.05, 3.63) is 59.7 Å². The molecule has 0 aromatic heterocycles. The lowest BCUT2D eigenvalue weighted by molar-refractivity contribution is -0.142. The fraction of sp³-hybridized carbons (Fsp3) is 0.464. The second-order valence-electron chi connectivity index (χ2n) is 9.70. The Labute approximate surface area is 207 Å². The van der Waals surface area contributed by atoms with Crippen LogP contribution in [-0.2, 0) is 14.3 Å². The van der Waals surface area contributed by atoms with Gasteiger partial charge in [-0.1, -0.05) is 82.6 Å². The number of aliphatic carboxylic acids is 1.